The van der Waals surface area contributed by atoms with Gasteiger partial charge in [-0.2, -0.15) is 0 Å². The van der Waals surface area contributed by atoms with Crippen LogP contribution in [0, 0.1) is 17.3 Å². The lowest BCUT2D eigenvalue weighted by Gasteiger charge is -2.42. The number of Topliss-reactive ketones (excluding diaryl/α,β-unsaturated/α-hetero) is 1. The first kappa shape index (κ1) is 18.9. The molecule has 2 heterocycles. The predicted molar refractivity (Wildman–Crippen MR) is 97.7 cm³/mol. The van der Waals surface area contributed by atoms with Gasteiger partial charge in [-0.1, -0.05) is 20.8 Å². The van der Waals surface area contributed by atoms with Gasteiger partial charge in [0.2, 0.25) is 0 Å². The number of rotatable bonds is 3. The van der Waals surface area contributed by atoms with Crippen molar-refractivity contribution in [1.82, 2.24) is 9.80 Å². The van der Waals surface area contributed by atoms with Crippen LogP contribution in [0.5, 0.6) is 0 Å². The molecule has 0 aromatic rings. The summed E-state index contributed by atoms with van der Waals surface area (Å²) in [5.41, 5.74) is 0.142. The van der Waals surface area contributed by atoms with E-state index in [4.69, 9.17) is 0 Å². The van der Waals surface area contributed by atoms with Gasteiger partial charge < -0.3 is 4.90 Å². The van der Waals surface area contributed by atoms with Gasteiger partial charge in [0.05, 0.1) is 0 Å². The van der Waals surface area contributed by atoms with E-state index in [0.717, 1.165) is 31.8 Å². The molecule has 0 spiro atoms. The van der Waals surface area contributed by atoms with Crippen molar-refractivity contribution in [3.63, 3.8) is 0 Å². The Morgan fingerprint density at radius 3 is 1.83 bits per heavy atom. The topological polar surface area (TPSA) is 23.6 Å². The minimum absolute atomic E-state index is 0.174. The number of likely N-dealkylation sites (tertiary alicyclic amines) is 2. The molecule has 2 aliphatic rings. The highest BCUT2D eigenvalue weighted by Gasteiger charge is 2.33. The van der Waals surface area contributed by atoms with E-state index >= 15 is 0 Å². The summed E-state index contributed by atoms with van der Waals surface area (Å²) in [5, 5.41) is 0. The van der Waals surface area contributed by atoms with Crippen molar-refractivity contribution < 1.29 is 4.79 Å². The van der Waals surface area contributed by atoms with Crippen LogP contribution in [0.2, 0.25) is 0 Å². The Kier molecular flexibility index (Phi) is 5.94. The maximum Gasteiger partial charge on any atom is 0.141 e. The molecular weight excluding hydrogens is 284 g/mol. The second kappa shape index (κ2) is 7.23. The number of carbonyl (C=O) groups excluding carboxylic acids is 1. The molecule has 134 valence electrons. The van der Waals surface area contributed by atoms with Crippen LogP contribution in [0.3, 0.4) is 0 Å². The molecular formula is C20H38N2O. The van der Waals surface area contributed by atoms with Crippen molar-refractivity contribution >= 4 is 5.78 Å². The third kappa shape index (κ3) is 5.29. The average Bonchev–Trinajstić information content (AvgIpc) is 2.46. The van der Waals surface area contributed by atoms with Gasteiger partial charge in [-0.15, -0.1) is 0 Å². The molecule has 0 amide bonds. The van der Waals surface area contributed by atoms with Crippen LogP contribution in [-0.4, -0.2) is 53.8 Å². The monoisotopic (exact) mass is 322 g/mol. The van der Waals surface area contributed by atoms with Crippen molar-refractivity contribution in [2.24, 2.45) is 17.3 Å². The van der Waals surface area contributed by atoms with Crippen LogP contribution in [0.25, 0.3) is 0 Å². The van der Waals surface area contributed by atoms with Crippen LogP contribution in [-0.2, 0) is 4.79 Å². The van der Waals surface area contributed by atoms with Crippen LogP contribution < -0.4 is 0 Å². The van der Waals surface area contributed by atoms with Gasteiger partial charge in [0.25, 0.3) is 0 Å². The largest absolute Gasteiger partial charge is 0.303 e. The zero-order chi connectivity index (χ0) is 17.3. The molecule has 0 radical (unpaired) electrons. The molecule has 23 heavy (non-hydrogen) atoms. The van der Waals surface area contributed by atoms with Crippen molar-refractivity contribution in [2.75, 3.05) is 32.7 Å². The first-order valence-electron chi connectivity index (χ1n) is 9.59. The molecule has 2 saturated heterocycles. The summed E-state index contributed by atoms with van der Waals surface area (Å²) >= 11 is 0. The summed E-state index contributed by atoms with van der Waals surface area (Å²) in [6, 6.07) is 0. The highest BCUT2D eigenvalue weighted by atomic mass is 16.1. The van der Waals surface area contributed by atoms with E-state index in [-0.39, 0.29) is 5.41 Å². The fraction of sp³-hybridized carbons (Fsp3) is 0.950. The molecule has 0 unspecified atom stereocenters. The summed E-state index contributed by atoms with van der Waals surface area (Å²) in [4.78, 5) is 17.7. The lowest BCUT2D eigenvalue weighted by Crippen LogP contribution is -2.48. The van der Waals surface area contributed by atoms with Gasteiger partial charge in [0.1, 0.15) is 5.78 Å². The summed E-state index contributed by atoms with van der Waals surface area (Å²) in [7, 11) is 0. The maximum absolute atomic E-state index is 12.4. The van der Waals surface area contributed by atoms with Crippen molar-refractivity contribution in [1.29, 1.82) is 0 Å². The van der Waals surface area contributed by atoms with E-state index in [1.54, 1.807) is 0 Å². The fourth-order valence-electron chi connectivity index (χ4n) is 4.14. The summed E-state index contributed by atoms with van der Waals surface area (Å²) in [6.07, 6.45) is 4.80. The molecule has 0 aromatic carbocycles. The van der Waals surface area contributed by atoms with Crippen molar-refractivity contribution in [2.45, 2.75) is 72.8 Å². The number of hydrogen-bond donors (Lipinski definition) is 0. The zero-order valence-electron chi connectivity index (χ0n) is 16.3. The third-order valence-electron chi connectivity index (χ3n) is 5.78. The predicted octanol–water partition coefficient (Wildman–Crippen LogP) is 3.82. The number of hydrogen-bond acceptors (Lipinski definition) is 3. The zero-order valence-corrected chi connectivity index (χ0v) is 16.3. The fourth-order valence-corrected chi connectivity index (χ4v) is 4.14. The Morgan fingerprint density at radius 2 is 1.39 bits per heavy atom. The number of piperidine rings is 2. The van der Waals surface area contributed by atoms with Gasteiger partial charge in [-0.05, 0) is 78.6 Å². The molecule has 0 bridgehead atoms. The second-order valence-electron chi connectivity index (χ2n) is 9.79. The van der Waals surface area contributed by atoms with Crippen LogP contribution in [0.1, 0.15) is 67.2 Å². The van der Waals surface area contributed by atoms with Crippen LogP contribution >= 0.6 is 0 Å². The first-order valence-corrected chi connectivity index (χ1v) is 9.59. The molecule has 0 N–H and O–H groups in total. The Bertz CT molecular complexity index is 389. The van der Waals surface area contributed by atoms with Gasteiger partial charge in [-0.25, -0.2) is 0 Å². The van der Waals surface area contributed by atoms with Crippen molar-refractivity contribution in [3.8, 4) is 0 Å². The van der Waals surface area contributed by atoms with Gasteiger partial charge in [0.15, 0.2) is 0 Å². The van der Waals surface area contributed by atoms with E-state index < -0.39 is 0 Å². The standard InChI is InChI=1S/C20H38N2O/c1-19(2,3)18(23)17-9-11-21(12-10-17)15-16-7-13-22(14-8-16)20(4,5)6/h16-17H,7-15H2,1-6H3. The summed E-state index contributed by atoms with van der Waals surface area (Å²) < 4.78 is 0. The third-order valence-corrected chi connectivity index (χ3v) is 5.78. The summed E-state index contributed by atoms with van der Waals surface area (Å²) in [5.74, 6) is 1.62. The van der Waals surface area contributed by atoms with E-state index in [0.29, 0.717) is 17.2 Å². The van der Waals surface area contributed by atoms with E-state index in [1.807, 2.05) is 0 Å². The second-order valence-corrected chi connectivity index (χ2v) is 9.79. The van der Waals surface area contributed by atoms with Crippen LogP contribution in [0.15, 0.2) is 0 Å². The molecule has 2 rings (SSSR count). The number of nitrogens with zero attached hydrogens (tertiary/aromatic N) is 2. The molecule has 0 saturated carbocycles. The van der Waals surface area contributed by atoms with Gasteiger partial charge >= 0.3 is 0 Å². The Balaban J connectivity index is 1.73. The van der Waals surface area contributed by atoms with Gasteiger partial charge in [-0.3, -0.25) is 9.69 Å². The van der Waals surface area contributed by atoms with Crippen LogP contribution in [0.4, 0.5) is 0 Å². The molecule has 0 atom stereocenters. The normalized spacial score (nSPS) is 24.1. The molecule has 3 heteroatoms. The highest BCUT2D eigenvalue weighted by molar-refractivity contribution is 5.86. The number of carbonyl (C=O) groups is 1. The molecule has 0 aliphatic carbocycles. The Hall–Kier alpha value is -0.410. The Labute approximate surface area is 143 Å². The molecule has 3 nitrogen and oxygen atoms in total. The molecule has 2 fully saturated rings. The maximum atomic E-state index is 12.4. The Morgan fingerprint density at radius 1 is 0.870 bits per heavy atom. The highest BCUT2D eigenvalue weighted by Crippen LogP contribution is 2.29. The lowest BCUT2D eigenvalue weighted by atomic mass is 9.79. The van der Waals surface area contributed by atoms with Gasteiger partial charge in [0, 0.05) is 23.4 Å². The number of ketones is 1. The minimum Gasteiger partial charge on any atom is -0.303 e. The molecule has 2 aliphatic heterocycles. The van der Waals surface area contributed by atoms with E-state index in [1.165, 1.54) is 32.5 Å². The smallest absolute Gasteiger partial charge is 0.141 e. The minimum atomic E-state index is -0.174. The first-order chi connectivity index (χ1) is 10.6. The summed E-state index contributed by atoms with van der Waals surface area (Å²) in [6.45, 7) is 19.1. The SMILES string of the molecule is CC(C)(C)C(=O)C1CCN(CC2CCN(C(C)(C)C)CC2)CC1. The lowest BCUT2D eigenvalue weighted by molar-refractivity contribution is -0.131. The average molecular weight is 323 g/mol. The quantitative estimate of drug-likeness (QED) is 0.789. The van der Waals surface area contributed by atoms with Crippen molar-refractivity contribution in [3.05, 3.63) is 0 Å². The molecule has 0 aromatic heterocycles. The van der Waals surface area contributed by atoms with E-state index in [9.17, 15) is 4.79 Å². The van der Waals surface area contributed by atoms with E-state index in [2.05, 4.69) is 51.3 Å².